The maximum atomic E-state index is 13.3. The van der Waals surface area contributed by atoms with E-state index in [2.05, 4.69) is 10.3 Å². The molecule has 0 aromatic rings. The number of hydrogen-bond acceptors (Lipinski definition) is 10. The van der Waals surface area contributed by atoms with Gasteiger partial charge in [-0.05, 0) is 89.5 Å². The van der Waals surface area contributed by atoms with Crippen molar-refractivity contribution in [1.82, 2.24) is 15.1 Å². The van der Waals surface area contributed by atoms with Crippen LogP contribution >= 0.6 is 0 Å². The molecule has 0 unspecified atom stereocenters. The van der Waals surface area contributed by atoms with Gasteiger partial charge in [0.1, 0.15) is 22.4 Å². The molecule has 0 saturated heterocycles. The van der Waals surface area contributed by atoms with Crippen LogP contribution in [-0.2, 0) is 28.5 Å². The number of aliphatic imine (C=N–C) groups is 1. The Kier molecular flexibility index (Phi) is 13.8. The van der Waals surface area contributed by atoms with Crippen LogP contribution in [0.15, 0.2) is 4.99 Å². The lowest BCUT2D eigenvalue weighted by molar-refractivity contribution is -0.141. The van der Waals surface area contributed by atoms with E-state index in [0.29, 0.717) is 4.90 Å². The molecule has 0 heterocycles. The number of carbonyl (C=O) groups is 5. The van der Waals surface area contributed by atoms with Crippen LogP contribution in [0.5, 0.6) is 0 Å². The Labute approximate surface area is 249 Å². The van der Waals surface area contributed by atoms with Gasteiger partial charge >= 0.3 is 30.3 Å². The molecule has 0 bridgehead atoms. The van der Waals surface area contributed by atoms with E-state index in [9.17, 15) is 24.0 Å². The molecule has 1 atom stereocenters. The monoisotopic (exact) mass is 602 g/mol. The lowest BCUT2D eigenvalue weighted by Gasteiger charge is -2.33. The van der Waals surface area contributed by atoms with Gasteiger partial charge in [-0.1, -0.05) is 0 Å². The van der Waals surface area contributed by atoms with Gasteiger partial charge < -0.3 is 33.9 Å². The number of amides is 4. The highest BCUT2D eigenvalue weighted by Gasteiger charge is 2.38. The average Bonchev–Trinajstić information content (AvgIpc) is 2.71. The maximum Gasteiger partial charge on any atom is 0.437 e. The summed E-state index contributed by atoms with van der Waals surface area (Å²) in [6.07, 6.45) is -4.27. The molecule has 242 valence electrons. The first kappa shape index (κ1) is 38.4. The van der Waals surface area contributed by atoms with Gasteiger partial charge in [0.25, 0.3) is 0 Å². The van der Waals surface area contributed by atoms with Gasteiger partial charge in [0.2, 0.25) is 5.96 Å². The summed E-state index contributed by atoms with van der Waals surface area (Å²) in [6.45, 7) is 19.6. The molecule has 14 nitrogen and oxygen atoms in total. The van der Waals surface area contributed by atoms with E-state index in [1.54, 1.807) is 83.1 Å². The highest BCUT2D eigenvalue weighted by Crippen LogP contribution is 2.18. The molecule has 14 heteroatoms. The summed E-state index contributed by atoms with van der Waals surface area (Å²) in [5.74, 6) is -1.05. The molecule has 0 aromatic heterocycles. The van der Waals surface area contributed by atoms with Crippen LogP contribution in [0.3, 0.4) is 0 Å². The fraction of sp³-hybridized carbons (Fsp3) is 0.786. The van der Waals surface area contributed by atoms with Gasteiger partial charge in [-0.15, -0.1) is 9.89 Å². The number of alkyl carbamates (subject to hydrolysis) is 1. The van der Waals surface area contributed by atoms with Crippen molar-refractivity contribution in [2.75, 3.05) is 20.7 Å². The normalized spacial score (nSPS) is 13.3. The fourth-order valence-electron chi connectivity index (χ4n) is 2.96. The zero-order valence-electron chi connectivity index (χ0n) is 27.6. The molecule has 0 aliphatic carbocycles. The van der Waals surface area contributed by atoms with Crippen molar-refractivity contribution in [3.8, 4) is 0 Å². The van der Waals surface area contributed by atoms with E-state index in [4.69, 9.17) is 23.7 Å². The first-order valence-electron chi connectivity index (χ1n) is 13.6. The number of imide groups is 1. The van der Waals surface area contributed by atoms with Crippen LogP contribution in [-0.4, -0.2) is 95.2 Å². The van der Waals surface area contributed by atoms with Gasteiger partial charge in [-0.25, -0.2) is 19.2 Å². The molecule has 0 aliphatic heterocycles. The summed E-state index contributed by atoms with van der Waals surface area (Å²) < 4.78 is 26.2. The number of nitrogens with zero attached hydrogens (tertiary/aromatic N) is 3. The molecule has 0 radical (unpaired) electrons. The van der Waals surface area contributed by atoms with Crippen LogP contribution in [0, 0.1) is 0 Å². The van der Waals surface area contributed by atoms with Crippen LogP contribution in [0.2, 0.25) is 0 Å². The van der Waals surface area contributed by atoms with E-state index in [1.807, 2.05) is 0 Å². The molecular formula is C28H50N4O10. The minimum atomic E-state index is -1.15. The minimum Gasteiger partial charge on any atom is -0.469 e. The van der Waals surface area contributed by atoms with E-state index in [0.717, 1.165) is 0 Å². The highest BCUT2D eigenvalue weighted by molar-refractivity contribution is 6.10. The van der Waals surface area contributed by atoms with Crippen LogP contribution in [0.25, 0.3) is 0 Å². The maximum absolute atomic E-state index is 13.3. The van der Waals surface area contributed by atoms with Crippen molar-refractivity contribution in [1.29, 1.82) is 0 Å². The lowest BCUT2D eigenvalue weighted by atomic mass is 10.1. The second-order valence-electron chi connectivity index (χ2n) is 13.5. The second kappa shape index (κ2) is 15.1. The summed E-state index contributed by atoms with van der Waals surface area (Å²) in [7, 11) is 2.66. The van der Waals surface area contributed by atoms with Gasteiger partial charge in [0.15, 0.2) is 0 Å². The zero-order valence-corrected chi connectivity index (χ0v) is 27.6. The Morgan fingerprint density at radius 2 is 1.14 bits per heavy atom. The third-order valence-electron chi connectivity index (χ3n) is 4.45. The predicted octanol–water partition coefficient (Wildman–Crippen LogP) is 5.23. The number of esters is 1. The van der Waals surface area contributed by atoms with Crippen LogP contribution in [0.1, 0.15) is 95.9 Å². The topological polar surface area (TPSA) is 162 Å². The van der Waals surface area contributed by atoms with E-state index >= 15 is 0 Å². The van der Waals surface area contributed by atoms with Gasteiger partial charge in [0, 0.05) is 19.6 Å². The molecule has 1 N–H and O–H groups in total. The van der Waals surface area contributed by atoms with Crippen molar-refractivity contribution >= 4 is 36.3 Å². The molecular weight excluding hydrogens is 552 g/mol. The van der Waals surface area contributed by atoms with Gasteiger partial charge in [-0.3, -0.25) is 4.79 Å². The van der Waals surface area contributed by atoms with Crippen molar-refractivity contribution in [2.45, 2.75) is 124 Å². The summed E-state index contributed by atoms with van der Waals surface area (Å²) in [6, 6.07) is -0.783. The first-order chi connectivity index (χ1) is 18.7. The predicted molar refractivity (Wildman–Crippen MR) is 155 cm³/mol. The zero-order chi connectivity index (χ0) is 33.3. The lowest BCUT2D eigenvalue weighted by Crippen LogP contribution is -2.53. The van der Waals surface area contributed by atoms with E-state index in [1.165, 1.54) is 19.1 Å². The number of carbonyl (C=O) groups excluding carboxylic acids is 5. The van der Waals surface area contributed by atoms with Gasteiger partial charge in [0.05, 0.1) is 13.5 Å². The molecule has 0 rings (SSSR count). The summed E-state index contributed by atoms with van der Waals surface area (Å²) in [5, 5.41) is 2.62. The van der Waals surface area contributed by atoms with Crippen LogP contribution in [0.4, 0.5) is 19.2 Å². The van der Waals surface area contributed by atoms with E-state index in [-0.39, 0.29) is 19.4 Å². The number of ether oxygens (including phenoxy) is 5. The number of hydrogen-bond donors (Lipinski definition) is 1. The third kappa shape index (κ3) is 17.3. The Hall–Kier alpha value is -3.58. The average molecular weight is 603 g/mol. The Bertz CT molecular complexity index is 970. The molecule has 0 fully saturated rings. The van der Waals surface area contributed by atoms with Crippen molar-refractivity contribution in [2.24, 2.45) is 4.99 Å². The molecule has 0 spiro atoms. The van der Waals surface area contributed by atoms with Crippen molar-refractivity contribution in [3.63, 3.8) is 0 Å². The highest BCUT2D eigenvalue weighted by atomic mass is 16.6. The molecule has 0 aliphatic rings. The molecule has 0 aromatic carbocycles. The smallest absolute Gasteiger partial charge is 0.437 e. The first-order valence-corrected chi connectivity index (χ1v) is 13.6. The fourth-order valence-corrected chi connectivity index (χ4v) is 2.96. The summed E-state index contributed by atoms with van der Waals surface area (Å²) >= 11 is 0. The third-order valence-corrected chi connectivity index (χ3v) is 4.45. The summed E-state index contributed by atoms with van der Waals surface area (Å²) in [5.41, 5.74) is -3.76. The molecule has 0 saturated carbocycles. The number of methoxy groups -OCH3 is 1. The Balaban J connectivity index is 6.55. The van der Waals surface area contributed by atoms with Gasteiger partial charge in [-0.2, -0.15) is 0 Å². The Morgan fingerprint density at radius 3 is 1.52 bits per heavy atom. The minimum absolute atomic E-state index is 0.0266. The second-order valence-corrected chi connectivity index (χ2v) is 13.5. The largest absolute Gasteiger partial charge is 0.469 e. The Morgan fingerprint density at radius 1 is 0.714 bits per heavy atom. The van der Waals surface area contributed by atoms with Crippen molar-refractivity contribution < 1.29 is 47.7 Å². The standard InChI is InChI=1S/C28H50N4O10/c1-25(2,3)39-21(34)29-18(17-19(33)38-14)15-16-31(13)20(30-22(35)40-26(4,5)6)32(23(36)41-27(7,8)9)24(37)42-28(10,11)12/h18H,15-17H2,1-14H3,(H,29,34)/b30-20-/t18-/m0/s1. The number of rotatable bonds is 6. The molecule has 4 amide bonds. The molecule has 42 heavy (non-hydrogen) atoms. The van der Waals surface area contributed by atoms with Crippen LogP contribution < -0.4 is 5.32 Å². The SMILES string of the molecule is COC(=O)C[C@H](CCN(C)/C(=N/C(=O)OC(C)(C)C)N(C(=O)OC(C)(C)C)C(=O)OC(C)(C)C)NC(=O)OC(C)(C)C. The van der Waals surface area contributed by atoms with E-state index < -0.39 is 64.7 Å². The number of guanidine groups is 1. The van der Waals surface area contributed by atoms with Crippen molar-refractivity contribution in [3.05, 3.63) is 0 Å². The quantitative estimate of drug-likeness (QED) is 0.183. The summed E-state index contributed by atoms with van der Waals surface area (Å²) in [4.78, 5) is 69.6. The number of nitrogens with one attached hydrogen (secondary N) is 1.